The van der Waals surface area contributed by atoms with E-state index in [1.165, 1.54) is 77.0 Å². The molecule has 0 bridgehead atoms. The summed E-state index contributed by atoms with van der Waals surface area (Å²) in [6, 6.07) is 0. The van der Waals surface area contributed by atoms with E-state index in [4.69, 9.17) is 0 Å². The predicted molar refractivity (Wildman–Crippen MR) is 115 cm³/mol. The Morgan fingerprint density at radius 2 is 1.35 bits per heavy atom. The Hall–Kier alpha value is -0.630. The van der Waals surface area contributed by atoms with E-state index >= 15 is 0 Å². The molecule has 26 heavy (non-hydrogen) atoms. The number of nitrogens with zero attached hydrogens (tertiary/aromatic N) is 1. The minimum Gasteiger partial charge on any atom is -0.309 e. The van der Waals surface area contributed by atoms with Gasteiger partial charge in [-0.1, -0.05) is 69.9 Å². The van der Waals surface area contributed by atoms with Crippen molar-refractivity contribution in [3.63, 3.8) is 0 Å². The highest BCUT2D eigenvalue weighted by Crippen LogP contribution is 2.23. The first kappa shape index (κ1) is 23.4. The fourth-order valence-electron chi connectivity index (χ4n) is 3.95. The molecule has 0 N–H and O–H groups in total. The summed E-state index contributed by atoms with van der Waals surface area (Å²) in [4.78, 5) is 14.0. The molecule has 0 heterocycles. The molecule has 0 aromatic carbocycles. The van der Waals surface area contributed by atoms with Crippen LogP contribution in [-0.4, -0.2) is 31.3 Å². The maximum Gasteiger partial charge on any atom is 0.132 e. The van der Waals surface area contributed by atoms with Crippen LogP contribution in [0, 0.1) is 5.92 Å². The molecule has 1 aliphatic carbocycles. The van der Waals surface area contributed by atoms with E-state index in [1.54, 1.807) is 0 Å². The second-order valence-electron chi connectivity index (χ2n) is 8.64. The number of ketones is 1. The highest BCUT2D eigenvalue weighted by atomic mass is 16.1. The van der Waals surface area contributed by atoms with Gasteiger partial charge in [-0.25, -0.2) is 0 Å². The van der Waals surface area contributed by atoms with Crippen LogP contribution >= 0.6 is 0 Å². The number of carbonyl (C=O) groups excluding carboxylic acids is 1. The molecule has 0 spiro atoms. The van der Waals surface area contributed by atoms with Gasteiger partial charge in [0.15, 0.2) is 0 Å². The van der Waals surface area contributed by atoms with Gasteiger partial charge in [-0.3, -0.25) is 4.79 Å². The van der Waals surface area contributed by atoms with Crippen molar-refractivity contribution in [1.29, 1.82) is 0 Å². The second-order valence-corrected chi connectivity index (χ2v) is 8.64. The van der Waals surface area contributed by atoms with E-state index in [0.29, 0.717) is 5.78 Å². The van der Waals surface area contributed by atoms with Gasteiger partial charge < -0.3 is 4.90 Å². The van der Waals surface area contributed by atoms with Gasteiger partial charge in [-0.05, 0) is 65.1 Å². The van der Waals surface area contributed by atoms with Crippen LogP contribution in [0.15, 0.2) is 12.2 Å². The van der Waals surface area contributed by atoms with Crippen molar-refractivity contribution in [2.75, 3.05) is 20.6 Å². The Morgan fingerprint density at radius 3 is 1.88 bits per heavy atom. The lowest BCUT2D eigenvalue weighted by Crippen LogP contribution is -2.13. The molecular formula is C24H45NO. The summed E-state index contributed by atoms with van der Waals surface area (Å²) in [5.41, 5.74) is 0. The first-order valence-electron chi connectivity index (χ1n) is 11.5. The number of hydrogen-bond donors (Lipinski definition) is 0. The third kappa shape index (κ3) is 14.5. The van der Waals surface area contributed by atoms with Crippen LogP contribution in [0.25, 0.3) is 0 Å². The Morgan fingerprint density at radius 1 is 0.808 bits per heavy atom. The van der Waals surface area contributed by atoms with Crippen molar-refractivity contribution in [3.05, 3.63) is 12.2 Å². The average Bonchev–Trinajstić information content (AvgIpc) is 3.13. The number of hydrogen-bond acceptors (Lipinski definition) is 2. The highest BCUT2D eigenvalue weighted by Gasteiger charge is 2.07. The smallest absolute Gasteiger partial charge is 0.132 e. The zero-order valence-corrected chi connectivity index (χ0v) is 17.8. The van der Waals surface area contributed by atoms with Gasteiger partial charge in [0.1, 0.15) is 5.78 Å². The number of Topliss-reactive ketones (excluding diaryl/α,β-unsaturated/α-hetero) is 1. The van der Waals surface area contributed by atoms with Gasteiger partial charge >= 0.3 is 0 Å². The van der Waals surface area contributed by atoms with Gasteiger partial charge in [-0.15, -0.1) is 0 Å². The Balaban J connectivity index is 1.72. The lowest BCUT2D eigenvalue weighted by molar-refractivity contribution is -0.119. The summed E-state index contributed by atoms with van der Waals surface area (Å²) in [6.45, 7) is 1.10. The van der Waals surface area contributed by atoms with Crippen LogP contribution in [0.1, 0.15) is 109 Å². The van der Waals surface area contributed by atoms with Crippen molar-refractivity contribution >= 4 is 5.78 Å². The number of rotatable bonds is 18. The Labute approximate surface area is 163 Å². The summed E-state index contributed by atoms with van der Waals surface area (Å²) >= 11 is 0. The molecule has 0 radical (unpaired) electrons. The zero-order valence-electron chi connectivity index (χ0n) is 17.8. The summed E-state index contributed by atoms with van der Waals surface area (Å²) in [6.07, 6.45) is 26.3. The third-order valence-electron chi connectivity index (χ3n) is 5.70. The van der Waals surface area contributed by atoms with Crippen molar-refractivity contribution in [3.8, 4) is 0 Å². The van der Waals surface area contributed by atoms with E-state index in [-0.39, 0.29) is 0 Å². The van der Waals surface area contributed by atoms with E-state index in [1.807, 2.05) is 0 Å². The molecule has 0 saturated heterocycles. The summed E-state index contributed by atoms with van der Waals surface area (Å²) in [7, 11) is 4.19. The predicted octanol–water partition coefficient (Wildman–Crippen LogP) is 6.93. The van der Waals surface area contributed by atoms with Crippen LogP contribution in [0.4, 0.5) is 0 Å². The zero-order chi connectivity index (χ0) is 18.9. The molecular weight excluding hydrogens is 318 g/mol. The maximum absolute atomic E-state index is 11.8. The quantitative estimate of drug-likeness (QED) is 0.194. The summed E-state index contributed by atoms with van der Waals surface area (Å²) in [5.74, 6) is 1.39. The topological polar surface area (TPSA) is 20.3 Å². The molecule has 0 fully saturated rings. The first-order chi connectivity index (χ1) is 12.7. The first-order valence-corrected chi connectivity index (χ1v) is 11.5. The molecule has 2 heteroatoms. The monoisotopic (exact) mass is 363 g/mol. The molecule has 1 atom stereocenters. The molecule has 0 saturated carbocycles. The minimum absolute atomic E-state index is 0.483. The van der Waals surface area contributed by atoms with Gasteiger partial charge in [-0.2, -0.15) is 0 Å². The SMILES string of the molecule is CN(C)CCCCC(=O)CCCCCCCCCCCC[C@H]1C=CCC1. The fourth-order valence-corrected chi connectivity index (χ4v) is 3.95. The van der Waals surface area contributed by atoms with E-state index in [0.717, 1.165) is 44.6 Å². The van der Waals surface area contributed by atoms with Crippen molar-refractivity contribution in [2.24, 2.45) is 5.92 Å². The fraction of sp³-hybridized carbons (Fsp3) is 0.875. The standard InChI is InChI=1S/C24H45NO/c1-25(2)22-16-15-21-24(26)20-12-10-8-6-4-3-5-7-9-11-17-23-18-13-14-19-23/h13,18,23H,3-12,14-17,19-22H2,1-2H3/t23-/m0/s1. The van der Waals surface area contributed by atoms with Crippen LogP contribution in [0.5, 0.6) is 0 Å². The van der Waals surface area contributed by atoms with Gasteiger partial charge in [0.05, 0.1) is 0 Å². The van der Waals surface area contributed by atoms with Crippen molar-refractivity contribution in [2.45, 2.75) is 109 Å². The maximum atomic E-state index is 11.8. The lowest BCUT2D eigenvalue weighted by atomic mass is 9.99. The van der Waals surface area contributed by atoms with Crippen LogP contribution in [0.2, 0.25) is 0 Å². The van der Waals surface area contributed by atoms with Crippen LogP contribution in [-0.2, 0) is 4.79 Å². The molecule has 0 unspecified atom stereocenters. The van der Waals surface area contributed by atoms with E-state index < -0.39 is 0 Å². The Bertz CT molecular complexity index is 361. The van der Waals surface area contributed by atoms with E-state index in [9.17, 15) is 4.79 Å². The van der Waals surface area contributed by atoms with Gasteiger partial charge in [0.25, 0.3) is 0 Å². The van der Waals surface area contributed by atoms with Crippen LogP contribution in [0.3, 0.4) is 0 Å². The molecule has 1 aliphatic rings. The number of allylic oxidation sites excluding steroid dienone is 2. The molecule has 0 amide bonds. The van der Waals surface area contributed by atoms with Crippen molar-refractivity contribution < 1.29 is 4.79 Å². The summed E-state index contributed by atoms with van der Waals surface area (Å²) in [5, 5.41) is 0. The lowest BCUT2D eigenvalue weighted by Gasteiger charge is -2.08. The number of unbranched alkanes of at least 4 members (excludes halogenated alkanes) is 10. The second kappa shape index (κ2) is 16.5. The average molecular weight is 364 g/mol. The third-order valence-corrected chi connectivity index (χ3v) is 5.70. The number of carbonyl (C=O) groups is 1. The minimum atomic E-state index is 0.483. The molecule has 0 aliphatic heterocycles. The molecule has 1 rings (SSSR count). The van der Waals surface area contributed by atoms with E-state index in [2.05, 4.69) is 31.1 Å². The largest absolute Gasteiger partial charge is 0.309 e. The van der Waals surface area contributed by atoms with Gasteiger partial charge in [0.2, 0.25) is 0 Å². The molecule has 2 nitrogen and oxygen atoms in total. The van der Waals surface area contributed by atoms with Crippen molar-refractivity contribution in [1.82, 2.24) is 4.90 Å². The highest BCUT2D eigenvalue weighted by molar-refractivity contribution is 5.78. The molecule has 0 aromatic heterocycles. The molecule has 0 aromatic rings. The normalized spacial score (nSPS) is 16.7. The Kier molecular flexibility index (Phi) is 14.9. The van der Waals surface area contributed by atoms with Crippen LogP contribution < -0.4 is 0 Å². The molecule has 152 valence electrons. The van der Waals surface area contributed by atoms with Gasteiger partial charge in [0, 0.05) is 12.8 Å². The summed E-state index contributed by atoms with van der Waals surface area (Å²) < 4.78 is 0.